The zero-order valence-electron chi connectivity index (χ0n) is 15.8. The predicted molar refractivity (Wildman–Crippen MR) is 106 cm³/mol. The van der Waals surface area contributed by atoms with Crippen LogP contribution < -0.4 is 5.73 Å². The first kappa shape index (κ1) is 18.6. The summed E-state index contributed by atoms with van der Waals surface area (Å²) >= 11 is 0. The Morgan fingerprint density at radius 3 is 2.12 bits per heavy atom. The SMILES string of the molecule is CN(C)C1(c2ccccc2)CCN(C(=O)C(N)Cc2ccccc2)CC1. The quantitative estimate of drug-likeness (QED) is 0.901. The van der Waals surface area contributed by atoms with Crippen molar-refractivity contribution in [1.82, 2.24) is 9.80 Å². The molecule has 2 aromatic carbocycles. The van der Waals surface area contributed by atoms with Crippen LogP contribution in [0.1, 0.15) is 24.0 Å². The van der Waals surface area contributed by atoms with Crippen LogP contribution in [0, 0.1) is 0 Å². The van der Waals surface area contributed by atoms with Crippen molar-refractivity contribution in [2.45, 2.75) is 30.8 Å². The van der Waals surface area contributed by atoms with Crippen LogP contribution in [0.3, 0.4) is 0 Å². The minimum atomic E-state index is -0.471. The van der Waals surface area contributed by atoms with Gasteiger partial charge in [-0.15, -0.1) is 0 Å². The van der Waals surface area contributed by atoms with Crippen molar-refractivity contribution in [2.75, 3.05) is 27.2 Å². The van der Waals surface area contributed by atoms with E-state index in [1.807, 2.05) is 41.3 Å². The molecule has 1 unspecified atom stereocenters. The second-order valence-electron chi connectivity index (χ2n) is 7.41. The van der Waals surface area contributed by atoms with Gasteiger partial charge in [-0.1, -0.05) is 60.7 Å². The Kier molecular flexibility index (Phi) is 5.74. The summed E-state index contributed by atoms with van der Waals surface area (Å²) in [6, 6.07) is 20.1. The van der Waals surface area contributed by atoms with E-state index in [4.69, 9.17) is 5.73 Å². The minimum Gasteiger partial charge on any atom is -0.341 e. The number of nitrogens with two attached hydrogens (primary N) is 1. The summed E-state index contributed by atoms with van der Waals surface area (Å²) in [5.74, 6) is 0.0641. The largest absolute Gasteiger partial charge is 0.341 e. The number of hydrogen-bond acceptors (Lipinski definition) is 3. The maximum Gasteiger partial charge on any atom is 0.239 e. The third kappa shape index (κ3) is 3.81. The third-order valence-electron chi connectivity index (χ3n) is 5.69. The van der Waals surface area contributed by atoms with Crippen LogP contribution in [0.5, 0.6) is 0 Å². The first-order valence-electron chi connectivity index (χ1n) is 9.34. The van der Waals surface area contributed by atoms with E-state index in [-0.39, 0.29) is 11.4 Å². The fourth-order valence-electron chi connectivity index (χ4n) is 4.03. The topological polar surface area (TPSA) is 49.6 Å². The van der Waals surface area contributed by atoms with E-state index in [0.29, 0.717) is 6.42 Å². The molecule has 2 N–H and O–H groups in total. The second-order valence-corrected chi connectivity index (χ2v) is 7.41. The maximum absolute atomic E-state index is 12.8. The summed E-state index contributed by atoms with van der Waals surface area (Å²) in [4.78, 5) is 17.0. The van der Waals surface area contributed by atoms with Gasteiger partial charge in [0.05, 0.1) is 6.04 Å². The number of carbonyl (C=O) groups is 1. The molecule has 0 saturated carbocycles. The number of rotatable bonds is 5. The summed E-state index contributed by atoms with van der Waals surface area (Å²) in [5.41, 5.74) is 8.64. The molecule has 1 heterocycles. The standard InChI is InChI=1S/C22H29N3O/c1-24(2)22(19-11-7-4-8-12-19)13-15-25(16-14-22)21(26)20(23)17-18-9-5-3-6-10-18/h3-12,20H,13-17,23H2,1-2H3. The lowest BCUT2D eigenvalue weighted by Crippen LogP contribution is -2.54. The lowest BCUT2D eigenvalue weighted by molar-refractivity contribution is -0.135. The Hall–Kier alpha value is -2.17. The Balaban J connectivity index is 1.66. The highest BCUT2D eigenvalue weighted by molar-refractivity contribution is 5.82. The zero-order chi connectivity index (χ0) is 18.6. The molecule has 0 bridgehead atoms. The molecule has 26 heavy (non-hydrogen) atoms. The van der Waals surface area contributed by atoms with Gasteiger partial charge in [-0.25, -0.2) is 0 Å². The van der Waals surface area contributed by atoms with Gasteiger partial charge in [-0.2, -0.15) is 0 Å². The molecule has 0 aliphatic carbocycles. The molecule has 1 aliphatic heterocycles. The van der Waals surface area contributed by atoms with Crippen LogP contribution in [0.15, 0.2) is 60.7 Å². The summed E-state index contributed by atoms with van der Waals surface area (Å²) in [5, 5.41) is 0. The van der Waals surface area contributed by atoms with Crippen LogP contribution in [-0.4, -0.2) is 48.9 Å². The molecule has 1 aliphatic rings. The molecule has 3 rings (SSSR count). The molecule has 1 saturated heterocycles. The molecule has 0 radical (unpaired) electrons. The van der Waals surface area contributed by atoms with Crippen LogP contribution in [0.4, 0.5) is 0 Å². The molecule has 138 valence electrons. The molecule has 0 aromatic heterocycles. The normalized spacial score (nSPS) is 17.9. The molecule has 4 nitrogen and oxygen atoms in total. The van der Waals surface area contributed by atoms with Crippen molar-refractivity contribution in [3.63, 3.8) is 0 Å². The van der Waals surface area contributed by atoms with Gasteiger partial charge in [0.25, 0.3) is 0 Å². The van der Waals surface area contributed by atoms with Gasteiger partial charge in [-0.05, 0) is 44.5 Å². The van der Waals surface area contributed by atoms with Gasteiger partial charge in [-0.3, -0.25) is 9.69 Å². The van der Waals surface area contributed by atoms with E-state index in [2.05, 4.69) is 43.3 Å². The molecular weight excluding hydrogens is 322 g/mol. The van der Waals surface area contributed by atoms with Crippen molar-refractivity contribution in [3.05, 3.63) is 71.8 Å². The van der Waals surface area contributed by atoms with Crippen molar-refractivity contribution >= 4 is 5.91 Å². The van der Waals surface area contributed by atoms with E-state index in [1.54, 1.807) is 0 Å². The molecule has 1 fully saturated rings. The van der Waals surface area contributed by atoms with Crippen molar-refractivity contribution in [3.8, 4) is 0 Å². The monoisotopic (exact) mass is 351 g/mol. The number of benzene rings is 2. The molecule has 1 atom stereocenters. The van der Waals surface area contributed by atoms with Crippen LogP contribution >= 0.6 is 0 Å². The predicted octanol–water partition coefficient (Wildman–Crippen LogP) is 2.64. The van der Waals surface area contributed by atoms with Gasteiger partial charge in [0.1, 0.15) is 0 Å². The number of carbonyl (C=O) groups excluding carboxylic acids is 1. The van der Waals surface area contributed by atoms with Crippen molar-refractivity contribution < 1.29 is 4.79 Å². The number of amides is 1. The smallest absolute Gasteiger partial charge is 0.239 e. The molecule has 1 amide bonds. The van der Waals surface area contributed by atoms with E-state index in [1.165, 1.54) is 5.56 Å². The first-order chi connectivity index (χ1) is 12.5. The van der Waals surface area contributed by atoms with Gasteiger partial charge < -0.3 is 10.6 Å². The van der Waals surface area contributed by atoms with E-state index >= 15 is 0 Å². The lowest BCUT2D eigenvalue weighted by atomic mass is 9.79. The van der Waals surface area contributed by atoms with Crippen LogP contribution in [0.2, 0.25) is 0 Å². The summed E-state index contributed by atoms with van der Waals surface area (Å²) in [7, 11) is 4.26. The van der Waals surface area contributed by atoms with Crippen LogP contribution in [-0.2, 0) is 16.8 Å². The molecule has 2 aromatic rings. The molecular formula is C22H29N3O. The zero-order valence-corrected chi connectivity index (χ0v) is 15.8. The highest BCUT2D eigenvalue weighted by Gasteiger charge is 2.39. The Morgan fingerprint density at radius 1 is 1.04 bits per heavy atom. The number of likely N-dealkylation sites (tertiary alicyclic amines) is 1. The molecule has 4 heteroatoms. The summed E-state index contributed by atoms with van der Waals surface area (Å²) in [6.45, 7) is 1.49. The number of hydrogen-bond donors (Lipinski definition) is 1. The Morgan fingerprint density at radius 2 is 1.58 bits per heavy atom. The van der Waals surface area contributed by atoms with Gasteiger partial charge in [0, 0.05) is 18.6 Å². The highest BCUT2D eigenvalue weighted by Crippen LogP contribution is 2.37. The third-order valence-corrected chi connectivity index (χ3v) is 5.69. The van der Waals surface area contributed by atoms with Gasteiger partial charge in [0.15, 0.2) is 0 Å². The summed E-state index contributed by atoms with van der Waals surface area (Å²) < 4.78 is 0. The average Bonchev–Trinajstić information content (AvgIpc) is 2.68. The number of piperidine rings is 1. The van der Waals surface area contributed by atoms with Crippen molar-refractivity contribution in [1.29, 1.82) is 0 Å². The maximum atomic E-state index is 12.8. The van der Waals surface area contributed by atoms with E-state index < -0.39 is 6.04 Å². The van der Waals surface area contributed by atoms with Gasteiger partial charge >= 0.3 is 0 Å². The fraction of sp³-hybridized carbons (Fsp3) is 0.409. The highest BCUT2D eigenvalue weighted by atomic mass is 16.2. The lowest BCUT2D eigenvalue weighted by Gasteiger charge is -2.47. The fourth-order valence-corrected chi connectivity index (χ4v) is 4.03. The Bertz CT molecular complexity index is 707. The van der Waals surface area contributed by atoms with Crippen molar-refractivity contribution in [2.24, 2.45) is 5.73 Å². The summed E-state index contributed by atoms with van der Waals surface area (Å²) in [6.07, 6.45) is 2.44. The molecule has 0 spiro atoms. The number of nitrogens with zero attached hydrogens (tertiary/aromatic N) is 2. The van der Waals surface area contributed by atoms with E-state index in [0.717, 1.165) is 31.5 Å². The van der Waals surface area contributed by atoms with E-state index in [9.17, 15) is 4.79 Å². The van der Waals surface area contributed by atoms with Gasteiger partial charge in [0.2, 0.25) is 5.91 Å². The first-order valence-corrected chi connectivity index (χ1v) is 9.34. The van der Waals surface area contributed by atoms with Crippen LogP contribution in [0.25, 0.3) is 0 Å². The average molecular weight is 351 g/mol. The second kappa shape index (κ2) is 8.02. The minimum absolute atomic E-state index is 0.0123. The Labute approximate surface area is 156 Å².